The van der Waals surface area contributed by atoms with Crippen LogP contribution in [0.4, 0.5) is 0 Å². The Kier molecular flexibility index (Phi) is 7.24. The molecule has 33 heavy (non-hydrogen) atoms. The molecule has 6 nitrogen and oxygen atoms in total. The van der Waals surface area contributed by atoms with Crippen LogP contribution in [-0.2, 0) is 31.0 Å². The van der Waals surface area contributed by atoms with Gasteiger partial charge in [-0.2, -0.15) is 0 Å². The maximum atomic E-state index is 12.4. The first-order chi connectivity index (χ1) is 15.7. The second-order valence-electron chi connectivity index (χ2n) is 10.7. The van der Waals surface area contributed by atoms with Gasteiger partial charge in [0.2, 0.25) is 0 Å². The summed E-state index contributed by atoms with van der Waals surface area (Å²) in [4.78, 5) is 17.2. The zero-order chi connectivity index (χ0) is 23.6. The van der Waals surface area contributed by atoms with Crippen molar-refractivity contribution >= 4 is 19.2 Å². The minimum Gasteiger partial charge on any atom is -0.408 e. The lowest BCUT2D eigenvalue weighted by Gasteiger charge is -2.29. The molecule has 0 bridgehead atoms. The molecule has 4 rings (SSSR count). The molecular weight excluding hydrogens is 430 g/mol. The van der Waals surface area contributed by atoms with Gasteiger partial charge in [0, 0.05) is 40.4 Å². The highest BCUT2D eigenvalue weighted by Crippen LogP contribution is 2.24. The maximum absolute atomic E-state index is 12.4. The van der Waals surface area contributed by atoms with Crippen LogP contribution < -0.4 is 5.76 Å². The minimum atomic E-state index is -1.15. The molecule has 0 saturated carbocycles. The van der Waals surface area contributed by atoms with E-state index in [9.17, 15) is 4.79 Å². The Hall–Kier alpha value is -2.19. The summed E-state index contributed by atoms with van der Waals surface area (Å²) in [6, 6.07) is 16.3. The van der Waals surface area contributed by atoms with Crippen LogP contribution in [0.25, 0.3) is 11.1 Å². The molecule has 0 amide bonds. The van der Waals surface area contributed by atoms with E-state index >= 15 is 0 Å². The molecule has 0 spiro atoms. The molecule has 0 aliphatic carbocycles. The zero-order valence-corrected chi connectivity index (χ0v) is 21.6. The molecule has 0 fully saturated rings. The molecule has 0 saturated heterocycles. The van der Waals surface area contributed by atoms with E-state index in [0.29, 0.717) is 18.2 Å². The van der Waals surface area contributed by atoms with E-state index in [0.717, 1.165) is 37.6 Å². The predicted molar refractivity (Wildman–Crippen MR) is 136 cm³/mol. The van der Waals surface area contributed by atoms with Crippen molar-refractivity contribution in [2.75, 3.05) is 27.2 Å². The van der Waals surface area contributed by atoms with Gasteiger partial charge in [-0.05, 0) is 55.4 Å². The van der Waals surface area contributed by atoms with Gasteiger partial charge in [0.15, 0.2) is 5.58 Å². The third kappa shape index (κ3) is 6.03. The summed E-state index contributed by atoms with van der Waals surface area (Å²) < 4.78 is 13.0. The smallest absolute Gasteiger partial charge is 0.408 e. The number of hydrogen-bond acceptors (Lipinski definition) is 5. The highest BCUT2D eigenvalue weighted by Gasteiger charge is 2.23. The highest BCUT2D eigenvalue weighted by molar-refractivity contribution is 6.76. The minimum absolute atomic E-state index is 0.242. The van der Waals surface area contributed by atoms with Crippen molar-refractivity contribution in [3.8, 4) is 0 Å². The second kappa shape index (κ2) is 9.97. The first kappa shape index (κ1) is 23.9. The van der Waals surface area contributed by atoms with Crippen molar-refractivity contribution in [1.29, 1.82) is 0 Å². The Labute approximate surface area is 197 Å². The quantitative estimate of drug-likeness (QED) is 0.327. The van der Waals surface area contributed by atoms with Gasteiger partial charge >= 0.3 is 5.76 Å². The van der Waals surface area contributed by atoms with Crippen molar-refractivity contribution < 1.29 is 9.15 Å². The van der Waals surface area contributed by atoms with Crippen LogP contribution in [0.2, 0.25) is 25.7 Å². The maximum Gasteiger partial charge on any atom is 0.421 e. The van der Waals surface area contributed by atoms with Gasteiger partial charge in [0.1, 0.15) is 6.73 Å². The number of ether oxygens (including phenoxy) is 1. The number of likely N-dealkylation sites (N-methyl/N-ethyl adjacent to an activating group) is 1. The fourth-order valence-electron chi connectivity index (χ4n) is 4.41. The summed E-state index contributed by atoms with van der Waals surface area (Å²) >= 11 is 0. The Morgan fingerprint density at radius 2 is 1.79 bits per heavy atom. The average Bonchev–Trinajstić information content (AvgIpc) is 3.29. The molecule has 2 aromatic carbocycles. The molecule has 0 radical (unpaired) electrons. The van der Waals surface area contributed by atoms with Crippen LogP contribution in [0.1, 0.15) is 16.7 Å². The summed E-state index contributed by atoms with van der Waals surface area (Å²) in [6.07, 6.45) is 0.900. The molecular formula is C26H37N3O3Si. The van der Waals surface area contributed by atoms with Crippen LogP contribution in [0.15, 0.2) is 51.7 Å². The molecule has 3 aromatic rings. The second-order valence-corrected chi connectivity index (χ2v) is 16.3. The van der Waals surface area contributed by atoms with E-state index in [1.54, 1.807) is 4.57 Å². The van der Waals surface area contributed by atoms with E-state index < -0.39 is 8.07 Å². The fourth-order valence-corrected chi connectivity index (χ4v) is 5.16. The van der Waals surface area contributed by atoms with Gasteiger partial charge < -0.3 is 14.1 Å². The number of benzene rings is 2. The summed E-state index contributed by atoms with van der Waals surface area (Å²) in [5.41, 5.74) is 5.49. The van der Waals surface area contributed by atoms with Crippen LogP contribution in [0.5, 0.6) is 0 Å². The van der Waals surface area contributed by atoms with Crippen molar-refractivity contribution in [1.82, 2.24) is 14.4 Å². The van der Waals surface area contributed by atoms with Crippen molar-refractivity contribution in [3.63, 3.8) is 0 Å². The zero-order valence-electron chi connectivity index (χ0n) is 20.6. The molecule has 2 heterocycles. The average molecular weight is 468 g/mol. The lowest BCUT2D eigenvalue weighted by atomic mass is 10.0. The van der Waals surface area contributed by atoms with Crippen LogP contribution in [0.3, 0.4) is 0 Å². The lowest BCUT2D eigenvalue weighted by Crippen LogP contribution is -2.40. The van der Waals surface area contributed by atoms with E-state index in [1.165, 1.54) is 16.7 Å². The van der Waals surface area contributed by atoms with Crippen molar-refractivity contribution in [2.45, 2.75) is 58.0 Å². The molecule has 0 unspecified atom stereocenters. The Morgan fingerprint density at radius 1 is 1.09 bits per heavy atom. The summed E-state index contributed by atoms with van der Waals surface area (Å²) in [5, 5.41) is 0. The Morgan fingerprint density at radius 3 is 2.42 bits per heavy atom. The Bertz CT molecular complexity index is 1120. The number of oxazole rings is 1. The van der Waals surface area contributed by atoms with Crippen molar-refractivity contribution in [3.05, 3.63) is 69.7 Å². The van der Waals surface area contributed by atoms with Crippen molar-refractivity contribution in [2.24, 2.45) is 0 Å². The SMILES string of the molecule is CN(C)[C@@H](Cc1ccc2c(c1)oc(=O)n2COCC[Si](C)(C)C)CN1Cc2ccccc2C1. The number of aromatic nitrogens is 1. The van der Waals surface area contributed by atoms with E-state index in [2.05, 4.69) is 73.9 Å². The first-order valence-corrected chi connectivity index (χ1v) is 15.6. The van der Waals surface area contributed by atoms with Crippen LogP contribution in [0, 0.1) is 0 Å². The normalized spacial score (nSPS) is 15.5. The van der Waals surface area contributed by atoms with Gasteiger partial charge in [-0.25, -0.2) is 9.36 Å². The molecule has 1 aromatic heterocycles. The number of rotatable bonds is 10. The summed E-state index contributed by atoms with van der Waals surface area (Å²) in [5.74, 6) is -0.353. The number of nitrogens with zero attached hydrogens (tertiary/aromatic N) is 3. The van der Waals surface area contributed by atoms with E-state index in [4.69, 9.17) is 9.15 Å². The topological polar surface area (TPSA) is 50.9 Å². The fraction of sp³-hybridized carbons (Fsp3) is 0.500. The molecule has 178 valence electrons. The number of fused-ring (bicyclic) bond motifs is 2. The van der Waals surface area contributed by atoms with Gasteiger partial charge in [-0.15, -0.1) is 0 Å². The standard InChI is InChI=1S/C26H37N3O3Si/c1-27(2)23(18-28-16-21-8-6-7-9-22(21)17-28)14-20-10-11-24-25(15-20)32-26(30)29(24)19-31-12-13-33(3,4)5/h6-11,15,23H,12-14,16-19H2,1-5H3/t23-/m0/s1. The highest BCUT2D eigenvalue weighted by atomic mass is 28.3. The third-order valence-corrected chi connectivity index (χ3v) is 8.23. The lowest BCUT2D eigenvalue weighted by molar-refractivity contribution is 0.0850. The number of hydrogen-bond donors (Lipinski definition) is 0. The largest absolute Gasteiger partial charge is 0.421 e. The van der Waals surface area contributed by atoms with Gasteiger partial charge in [0.25, 0.3) is 0 Å². The molecule has 1 aliphatic rings. The first-order valence-electron chi connectivity index (χ1n) is 11.9. The summed E-state index contributed by atoms with van der Waals surface area (Å²) in [7, 11) is 3.12. The van der Waals surface area contributed by atoms with Gasteiger partial charge in [0.05, 0.1) is 5.52 Å². The Balaban J connectivity index is 1.41. The third-order valence-electron chi connectivity index (χ3n) is 6.53. The van der Waals surface area contributed by atoms with Gasteiger partial charge in [-0.3, -0.25) is 4.90 Å². The van der Waals surface area contributed by atoms with E-state index in [1.807, 2.05) is 12.1 Å². The van der Waals surface area contributed by atoms with Gasteiger partial charge in [-0.1, -0.05) is 50.0 Å². The molecule has 1 atom stereocenters. The van der Waals surface area contributed by atoms with Crippen LogP contribution in [-0.4, -0.2) is 55.7 Å². The monoisotopic (exact) mass is 467 g/mol. The van der Waals surface area contributed by atoms with E-state index in [-0.39, 0.29) is 12.5 Å². The molecule has 0 N–H and O–H groups in total. The predicted octanol–water partition coefficient (Wildman–Crippen LogP) is 4.40. The molecule has 1 aliphatic heterocycles. The molecule has 7 heteroatoms. The van der Waals surface area contributed by atoms with Crippen LogP contribution >= 0.6 is 0 Å². The summed E-state index contributed by atoms with van der Waals surface area (Å²) in [6.45, 7) is 10.9.